The number of sulfonamides is 1. The maximum atomic E-state index is 12.9. The molecule has 200 valence electrons. The molecule has 9 nitrogen and oxygen atoms in total. The fourth-order valence-electron chi connectivity index (χ4n) is 4.14. The summed E-state index contributed by atoms with van der Waals surface area (Å²) in [6.45, 7) is 6.07. The highest BCUT2D eigenvalue weighted by molar-refractivity contribution is 7.93. The Morgan fingerprint density at radius 2 is 1.97 bits per heavy atom. The molecule has 2 aromatic rings. The van der Waals surface area contributed by atoms with Gasteiger partial charge in [0.25, 0.3) is 0 Å². The van der Waals surface area contributed by atoms with Crippen molar-refractivity contribution in [1.29, 1.82) is 5.41 Å². The van der Waals surface area contributed by atoms with Crippen LogP contribution in [0.2, 0.25) is 5.02 Å². The monoisotopic (exact) mass is 548 g/mol. The lowest BCUT2D eigenvalue weighted by Crippen LogP contribution is -2.41. The zero-order valence-electron chi connectivity index (χ0n) is 20.9. The Balaban J connectivity index is 1.79. The summed E-state index contributed by atoms with van der Waals surface area (Å²) in [7, 11) is -4.20. The van der Waals surface area contributed by atoms with Crippen molar-refractivity contribution in [3.05, 3.63) is 64.7 Å². The number of carboxylic acid groups (broad SMARTS) is 1. The van der Waals surface area contributed by atoms with Crippen LogP contribution in [0, 0.1) is 5.41 Å². The highest BCUT2D eigenvalue weighted by Gasteiger charge is 2.27. The Morgan fingerprint density at radius 3 is 2.57 bits per heavy atom. The summed E-state index contributed by atoms with van der Waals surface area (Å²) in [4.78, 5) is 13.6. The predicted molar refractivity (Wildman–Crippen MR) is 147 cm³/mol. The molecule has 0 aromatic heterocycles. The second kappa shape index (κ2) is 12.4. The molecule has 3 rings (SSSR count). The van der Waals surface area contributed by atoms with Gasteiger partial charge in [0.15, 0.2) is 5.75 Å². The molecule has 37 heavy (non-hydrogen) atoms. The molecule has 0 spiro atoms. The standard InChI is InChI=1S/C26H33ClN4O5S/c1-18(2)30-13-10-22(11-14-30)36-24-9-8-21(16-23(24)27)31(37(34,35)17-25(32)33)12-4-6-19-5-3-7-20(15-19)26(28)29/h3-9,15-16,18,22H,10-14,17H2,1-2H3,(H3,28,29)(H,32,33)/b6-4+. The molecule has 0 unspecified atom stereocenters. The van der Waals surface area contributed by atoms with E-state index >= 15 is 0 Å². The Morgan fingerprint density at radius 1 is 1.27 bits per heavy atom. The SMILES string of the molecule is CC(C)N1CCC(Oc2ccc(N(C/C=C/c3cccc(C(=N)N)c3)S(=O)(=O)CC(=O)O)cc2Cl)CC1. The number of piperidine rings is 1. The van der Waals surface area contributed by atoms with Gasteiger partial charge in [-0.1, -0.05) is 42.0 Å². The lowest BCUT2D eigenvalue weighted by Gasteiger charge is -2.34. The molecule has 1 aliphatic heterocycles. The van der Waals surface area contributed by atoms with Crippen molar-refractivity contribution in [3.63, 3.8) is 0 Å². The fourth-order valence-corrected chi connectivity index (χ4v) is 5.57. The largest absolute Gasteiger partial charge is 0.489 e. The zero-order valence-corrected chi connectivity index (χ0v) is 22.5. The number of nitrogen functional groups attached to an aromatic ring is 1. The van der Waals surface area contributed by atoms with Gasteiger partial charge >= 0.3 is 5.97 Å². The Labute approximate surface area is 223 Å². The van der Waals surface area contributed by atoms with E-state index in [0.29, 0.717) is 22.9 Å². The third-order valence-corrected chi connectivity index (χ3v) is 8.06. The van der Waals surface area contributed by atoms with Crippen LogP contribution in [0.5, 0.6) is 5.75 Å². The van der Waals surface area contributed by atoms with E-state index in [0.717, 1.165) is 30.2 Å². The molecule has 1 heterocycles. The summed E-state index contributed by atoms with van der Waals surface area (Å²) in [6, 6.07) is 12.1. The van der Waals surface area contributed by atoms with E-state index in [2.05, 4.69) is 18.7 Å². The van der Waals surface area contributed by atoms with E-state index in [1.807, 2.05) is 0 Å². The van der Waals surface area contributed by atoms with Gasteiger partial charge in [-0.05, 0) is 56.5 Å². The Kier molecular flexibility index (Phi) is 9.58. The zero-order chi connectivity index (χ0) is 27.2. The first kappa shape index (κ1) is 28.5. The molecule has 0 radical (unpaired) electrons. The van der Waals surface area contributed by atoms with Gasteiger partial charge in [-0.2, -0.15) is 0 Å². The van der Waals surface area contributed by atoms with Crippen LogP contribution in [0.3, 0.4) is 0 Å². The molecule has 0 amide bonds. The molecule has 0 aliphatic carbocycles. The van der Waals surface area contributed by atoms with Gasteiger partial charge in [-0.3, -0.25) is 14.5 Å². The van der Waals surface area contributed by atoms with Crippen molar-refractivity contribution in [3.8, 4) is 5.75 Å². The summed E-state index contributed by atoms with van der Waals surface area (Å²) in [6.07, 6.45) is 5.02. The first-order valence-corrected chi connectivity index (χ1v) is 14.0. The summed E-state index contributed by atoms with van der Waals surface area (Å²) in [5.41, 5.74) is 7.02. The minimum Gasteiger partial charge on any atom is -0.489 e. The lowest BCUT2D eigenvalue weighted by molar-refractivity contribution is -0.134. The number of benzene rings is 2. The minimum atomic E-state index is -4.20. The van der Waals surface area contributed by atoms with Crippen LogP contribution in [0.15, 0.2) is 48.5 Å². The number of ether oxygens (including phenoxy) is 1. The summed E-state index contributed by atoms with van der Waals surface area (Å²) >= 11 is 6.48. The van der Waals surface area contributed by atoms with Gasteiger partial charge in [0.05, 0.1) is 17.3 Å². The number of aliphatic carboxylic acids is 1. The number of likely N-dealkylation sites (tertiary alicyclic amines) is 1. The van der Waals surface area contributed by atoms with Crippen LogP contribution in [-0.4, -0.2) is 67.8 Å². The number of nitrogens with zero attached hydrogens (tertiary/aromatic N) is 2. The molecule has 0 bridgehead atoms. The van der Waals surface area contributed by atoms with Crippen LogP contribution in [0.4, 0.5) is 5.69 Å². The maximum absolute atomic E-state index is 12.9. The molecule has 0 atom stereocenters. The molecular formula is C26H33ClN4O5S. The average Bonchev–Trinajstić information content (AvgIpc) is 2.83. The third kappa shape index (κ3) is 7.95. The van der Waals surface area contributed by atoms with Crippen molar-refractivity contribution >= 4 is 45.2 Å². The second-order valence-electron chi connectivity index (χ2n) is 9.18. The van der Waals surface area contributed by atoms with Crippen molar-refractivity contribution in [2.45, 2.75) is 38.8 Å². The van der Waals surface area contributed by atoms with Gasteiger partial charge < -0.3 is 20.5 Å². The number of hydrogen-bond donors (Lipinski definition) is 3. The fraction of sp³-hybridized carbons (Fsp3) is 0.385. The summed E-state index contributed by atoms with van der Waals surface area (Å²) in [5.74, 6) is -2.14. The van der Waals surface area contributed by atoms with Gasteiger partial charge in [-0.15, -0.1) is 0 Å². The molecule has 1 aliphatic rings. The number of nitrogens with two attached hydrogens (primary N) is 1. The van der Waals surface area contributed by atoms with Gasteiger partial charge in [0.1, 0.15) is 17.7 Å². The normalized spacial score (nSPS) is 15.2. The first-order valence-electron chi connectivity index (χ1n) is 12.0. The maximum Gasteiger partial charge on any atom is 0.320 e. The molecule has 2 aromatic carbocycles. The first-order chi connectivity index (χ1) is 17.5. The Hall–Kier alpha value is -3.08. The number of hydrogen-bond acceptors (Lipinski definition) is 6. The number of nitrogens with one attached hydrogen (secondary N) is 1. The Bertz CT molecular complexity index is 1260. The third-order valence-electron chi connectivity index (χ3n) is 6.12. The molecule has 0 saturated carbocycles. The minimum absolute atomic E-state index is 0.0129. The van der Waals surface area contributed by atoms with Gasteiger partial charge in [-0.25, -0.2) is 8.42 Å². The summed E-state index contributed by atoms with van der Waals surface area (Å²) < 4.78 is 32.9. The molecule has 11 heteroatoms. The van der Waals surface area contributed by atoms with Crippen molar-refractivity contribution < 1.29 is 23.1 Å². The van der Waals surface area contributed by atoms with Crippen molar-refractivity contribution in [2.24, 2.45) is 5.73 Å². The number of carboxylic acids is 1. The molecular weight excluding hydrogens is 516 g/mol. The molecule has 1 fully saturated rings. The van der Waals surface area contributed by atoms with E-state index < -0.39 is 21.7 Å². The highest BCUT2D eigenvalue weighted by Crippen LogP contribution is 2.33. The van der Waals surface area contributed by atoms with Crippen molar-refractivity contribution in [2.75, 3.05) is 29.7 Å². The summed E-state index contributed by atoms with van der Waals surface area (Å²) in [5, 5.41) is 17.0. The molecule has 4 N–H and O–H groups in total. The molecule has 1 saturated heterocycles. The number of amidine groups is 1. The smallest absolute Gasteiger partial charge is 0.320 e. The topological polar surface area (TPSA) is 137 Å². The highest BCUT2D eigenvalue weighted by atomic mass is 35.5. The van der Waals surface area contributed by atoms with Gasteiger partial charge in [0, 0.05) is 24.7 Å². The lowest BCUT2D eigenvalue weighted by atomic mass is 10.1. The van der Waals surface area contributed by atoms with Crippen LogP contribution in [0.1, 0.15) is 37.8 Å². The van der Waals surface area contributed by atoms with Crippen LogP contribution in [-0.2, 0) is 14.8 Å². The van der Waals surface area contributed by atoms with Crippen LogP contribution >= 0.6 is 11.6 Å². The van der Waals surface area contributed by atoms with E-state index in [1.165, 1.54) is 6.07 Å². The number of halogens is 1. The number of rotatable bonds is 11. The average molecular weight is 549 g/mol. The van der Waals surface area contributed by atoms with Crippen LogP contribution < -0.4 is 14.8 Å². The van der Waals surface area contributed by atoms with E-state index in [-0.39, 0.29) is 29.2 Å². The predicted octanol–water partition coefficient (Wildman–Crippen LogP) is 3.81. The van der Waals surface area contributed by atoms with Crippen LogP contribution in [0.25, 0.3) is 6.08 Å². The van der Waals surface area contributed by atoms with Crippen molar-refractivity contribution in [1.82, 2.24) is 4.90 Å². The number of anilines is 1. The van der Waals surface area contributed by atoms with E-state index in [4.69, 9.17) is 32.6 Å². The quantitative estimate of drug-likeness (QED) is 0.287. The van der Waals surface area contributed by atoms with Gasteiger partial charge in [0.2, 0.25) is 10.0 Å². The second-order valence-corrected chi connectivity index (χ2v) is 11.5. The number of carbonyl (C=O) groups is 1. The van der Waals surface area contributed by atoms with E-state index in [9.17, 15) is 13.2 Å². The van der Waals surface area contributed by atoms with E-state index in [1.54, 1.807) is 48.6 Å².